The van der Waals surface area contributed by atoms with Crippen molar-refractivity contribution in [3.8, 4) is 0 Å². The SMILES string of the molecule is CCCC(=O)C1=C(O)[C@@H](C(=O)OC)C(C)(C)CC1=Nc1cccc([N+](=O)[O-])c1. The summed E-state index contributed by atoms with van der Waals surface area (Å²) < 4.78 is 4.82. The molecule has 0 aromatic heterocycles. The van der Waals surface area contributed by atoms with E-state index in [-0.39, 0.29) is 35.6 Å². The van der Waals surface area contributed by atoms with Gasteiger partial charge in [-0.2, -0.15) is 0 Å². The smallest absolute Gasteiger partial charge is 0.316 e. The highest BCUT2D eigenvalue weighted by Gasteiger charge is 2.47. The maximum atomic E-state index is 12.7. The van der Waals surface area contributed by atoms with Crippen LogP contribution in [0.2, 0.25) is 0 Å². The van der Waals surface area contributed by atoms with Gasteiger partial charge in [0.25, 0.3) is 5.69 Å². The molecule has 1 atom stereocenters. The molecule has 0 spiro atoms. The summed E-state index contributed by atoms with van der Waals surface area (Å²) >= 11 is 0. The van der Waals surface area contributed by atoms with Crippen molar-refractivity contribution in [3.63, 3.8) is 0 Å². The number of aliphatic hydroxyl groups excluding tert-OH is 1. The molecule has 0 unspecified atom stereocenters. The second kappa shape index (κ2) is 8.33. The van der Waals surface area contributed by atoms with E-state index in [9.17, 15) is 24.8 Å². The van der Waals surface area contributed by atoms with Crippen LogP contribution in [0, 0.1) is 21.4 Å². The molecule has 1 aliphatic carbocycles. The first kappa shape index (κ1) is 21.3. The fraction of sp³-hybridized carbons (Fsp3) is 0.450. The molecular formula is C20H24N2O6. The number of Topliss-reactive ketones (excluding diaryl/α,β-unsaturated/α-hetero) is 1. The lowest BCUT2D eigenvalue weighted by atomic mass is 9.67. The number of hydrogen-bond acceptors (Lipinski definition) is 7. The van der Waals surface area contributed by atoms with Gasteiger partial charge in [0.15, 0.2) is 5.78 Å². The van der Waals surface area contributed by atoms with Gasteiger partial charge in [0.2, 0.25) is 0 Å². The Hall–Kier alpha value is -3.03. The molecule has 1 N–H and O–H groups in total. The lowest BCUT2D eigenvalue weighted by molar-refractivity contribution is -0.384. The van der Waals surface area contributed by atoms with E-state index in [0.29, 0.717) is 17.8 Å². The topological polar surface area (TPSA) is 119 Å². The van der Waals surface area contributed by atoms with Crippen LogP contribution in [0.15, 0.2) is 40.6 Å². The summed E-state index contributed by atoms with van der Waals surface area (Å²) in [6.45, 7) is 5.38. The average molecular weight is 388 g/mol. The number of hydrogen-bond donors (Lipinski definition) is 1. The van der Waals surface area contributed by atoms with Gasteiger partial charge in [-0.25, -0.2) is 0 Å². The Morgan fingerprint density at radius 2 is 2.07 bits per heavy atom. The number of esters is 1. The van der Waals surface area contributed by atoms with Gasteiger partial charge >= 0.3 is 5.97 Å². The molecule has 0 saturated heterocycles. The van der Waals surface area contributed by atoms with Crippen molar-refractivity contribution in [3.05, 3.63) is 45.7 Å². The first-order valence-corrected chi connectivity index (χ1v) is 8.99. The molecule has 0 heterocycles. The molecule has 1 aromatic rings. The molecule has 0 aliphatic heterocycles. The minimum atomic E-state index is -0.989. The summed E-state index contributed by atoms with van der Waals surface area (Å²) in [6.07, 6.45) is 0.970. The Balaban J connectivity index is 2.65. The molecule has 1 aliphatic rings. The molecule has 0 saturated carbocycles. The summed E-state index contributed by atoms with van der Waals surface area (Å²) in [5.74, 6) is -2.30. The monoisotopic (exact) mass is 388 g/mol. The van der Waals surface area contributed by atoms with E-state index in [4.69, 9.17) is 4.74 Å². The van der Waals surface area contributed by atoms with Crippen molar-refractivity contribution >= 4 is 28.8 Å². The summed E-state index contributed by atoms with van der Waals surface area (Å²) in [4.78, 5) is 39.9. The highest BCUT2D eigenvalue weighted by atomic mass is 16.6. The maximum absolute atomic E-state index is 12.7. The molecule has 0 fully saturated rings. The van der Waals surface area contributed by atoms with E-state index < -0.39 is 22.2 Å². The van der Waals surface area contributed by atoms with Gasteiger partial charge in [0, 0.05) is 18.6 Å². The zero-order valence-corrected chi connectivity index (χ0v) is 16.4. The predicted octanol–water partition coefficient (Wildman–Crippen LogP) is 4.07. The van der Waals surface area contributed by atoms with Gasteiger partial charge in [-0.15, -0.1) is 0 Å². The van der Waals surface area contributed by atoms with Crippen molar-refractivity contribution in [2.45, 2.75) is 40.0 Å². The number of aliphatic imine (C=N–C) groups is 1. The third-order valence-corrected chi connectivity index (χ3v) is 4.72. The number of nitrogens with zero attached hydrogens (tertiary/aromatic N) is 2. The average Bonchev–Trinajstić information content (AvgIpc) is 2.60. The molecule has 28 heavy (non-hydrogen) atoms. The lowest BCUT2D eigenvalue weighted by Crippen LogP contribution is -2.41. The summed E-state index contributed by atoms with van der Waals surface area (Å²) in [7, 11) is 1.23. The molecular weight excluding hydrogens is 364 g/mol. The van der Waals surface area contributed by atoms with Crippen LogP contribution in [0.5, 0.6) is 0 Å². The summed E-state index contributed by atoms with van der Waals surface area (Å²) in [6, 6.07) is 5.72. The first-order valence-electron chi connectivity index (χ1n) is 8.99. The minimum absolute atomic E-state index is 0.00285. The number of carbonyl (C=O) groups excluding carboxylic acids is 2. The van der Waals surface area contributed by atoms with E-state index >= 15 is 0 Å². The van der Waals surface area contributed by atoms with Crippen molar-refractivity contribution in [2.75, 3.05) is 7.11 Å². The highest BCUT2D eigenvalue weighted by Crippen LogP contribution is 2.43. The Morgan fingerprint density at radius 3 is 2.64 bits per heavy atom. The number of allylic oxidation sites excluding steroid dienone is 1. The van der Waals surface area contributed by atoms with Crippen molar-refractivity contribution in [1.82, 2.24) is 0 Å². The first-order chi connectivity index (χ1) is 13.1. The zero-order chi connectivity index (χ0) is 21.1. The van der Waals surface area contributed by atoms with E-state index in [1.165, 1.54) is 25.3 Å². The maximum Gasteiger partial charge on any atom is 0.316 e. The second-order valence-corrected chi connectivity index (χ2v) is 7.39. The van der Waals surface area contributed by atoms with Gasteiger partial charge in [-0.05, 0) is 24.3 Å². The number of carbonyl (C=O) groups is 2. The number of aliphatic hydroxyl groups is 1. The third kappa shape index (κ3) is 4.27. The number of rotatable bonds is 6. The van der Waals surface area contributed by atoms with Crippen LogP contribution < -0.4 is 0 Å². The van der Waals surface area contributed by atoms with E-state index in [2.05, 4.69) is 4.99 Å². The van der Waals surface area contributed by atoms with E-state index in [0.717, 1.165) is 0 Å². The molecule has 0 bridgehead atoms. The number of methoxy groups -OCH3 is 1. The Morgan fingerprint density at radius 1 is 1.39 bits per heavy atom. The van der Waals surface area contributed by atoms with Crippen molar-refractivity contribution in [1.29, 1.82) is 0 Å². The molecule has 1 aromatic carbocycles. The fourth-order valence-electron chi connectivity index (χ4n) is 3.42. The zero-order valence-electron chi connectivity index (χ0n) is 16.4. The van der Waals surface area contributed by atoms with Gasteiger partial charge in [-0.1, -0.05) is 26.8 Å². The molecule has 8 heteroatoms. The molecule has 2 rings (SSSR count). The number of nitro benzene ring substituents is 1. The lowest BCUT2D eigenvalue weighted by Gasteiger charge is -2.37. The van der Waals surface area contributed by atoms with Crippen LogP contribution in [0.4, 0.5) is 11.4 Å². The summed E-state index contributed by atoms with van der Waals surface area (Å²) in [5, 5.41) is 21.8. The number of non-ortho nitro benzene ring substituents is 1. The van der Waals surface area contributed by atoms with Crippen LogP contribution in [-0.2, 0) is 14.3 Å². The van der Waals surface area contributed by atoms with Gasteiger partial charge in [-0.3, -0.25) is 24.7 Å². The molecule has 8 nitrogen and oxygen atoms in total. The van der Waals surface area contributed by atoms with Crippen LogP contribution in [0.1, 0.15) is 40.0 Å². The van der Waals surface area contributed by atoms with E-state index in [1.807, 2.05) is 6.92 Å². The standard InChI is InChI=1S/C20H24N2O6/c1-5-7-15(23)16-14(21-12-8-6-9-13(10-12)22(26)27)11-20(2,3)17(18(16)24)19(25)28-4/h6,8-10,17,24H,5,7,11H2,1-4H3/t17-/m0/s1. The normalized spacial score (nSPS) is 20.1. The van der Waals surface area contributed by atoms with Crippen LogP contribution in [-0.4, -0.2) is 34.6 Å². The highest BCUT2D eigenvalue weighted by molar-refractivity contribution is 6.24. The Bertz CT molecular complexity index is 869. The van der Waals surface area contributed by atoms with E-state index in [1.54, 1.807) is 19.9 Å². The third-order valence-electron chi connectivity index (χ3n) is 4.72. The molecule has 150 valence electrons. The van der Waals surface area contributed by atoms with Crippen LogP contribution in [0.25, 0.3) is 0 Å². The predicted molar refractivity (Wildman–Crippen MR) is 104 cm³/mol. The molecule has 0 radical (unpaired) electrons. The quantitative estimate of drug-likeness (QED) is 0.446. The van der Waals surface area contributed by atoms with Crippen LogP contribution in [0.3, 0.4) is 0 Å². The van der Waals surface area contributed by atoms with Gasteiger partial charge < -0.3 is 9.84 Å². The second-order valence-electron chi connectivity index (χ2n) is 7.39. The minimum Gasteiger partial charge on any atom is -0.511 e. The van der Waals surface area contributed by atoms with Crippen molar-refractivity contribution in [2.24, 2.45) is 16.3 Å². The Labute approximate surface area is 163 Å². The largest absolute Gasteiger partial charge is 0.511 e. The fourth-order valence-corrected chi connectivity index (χ4v) is 3.42. The van der Waals surface area contributed by atoms with Gasteiger partial charge in [0.05, 0.1) is 29.0 Å². The number of benzene rings is 1. The van der Waals surface area contributed by atoms with Crippen molar-refractivity contribution < 1.29 is 24.4 Å². The van der Waals surface area contributed by atoms with Gasteiger partial charge in [0.1, 0.15) is 11.7 Å². The summed E-state index contributed by atoms with van der Waals surface area (Å²) in [5.41, 5.74) is -0.276. The Kier molecular flexibility index (Phi) is 6.33. The number of ether oxygens (including phenoxy) is 1. The van der Waals surface area contributed by atoms with Crippen LogP contribution >= 0.6 is 0 Å². The number of nitro groups is 1. The molecule has 0 amide bonds. The number of ketones is 1.